The molecule has 0 N–H and O–H groups in total. The summed E-state index contributed by atoms with van der Waals surface area (Å²) in [5.74, 6) is 0.598. The van der Waals surface area contributed by atoms with Crippen molar-refractivity contribution in [2.45, 2.75) is 0 Å². The van der Waals surface area contributed by atoms with Crippen molar-refractivity contribution in [3.8, 4) is 28.3 Å². The summed E-state index contributed by atoms with van der Waals surface area (Å²) in [5.41, 5.74) is 11.2. The van der Waals surface area contributed by atoms with Gasteiger partial charge < -0.3 is 13.9 Å². The van der Waals surface area contributed by atoms with Gasteiger partial charge in [-0.1, -0.05) is 127 Å². The molecule has 2 aromatic heterocycles. The molecule has 0 unspecified atom stereocenters. The monoisotopic (exact) mass is 653 g/mol. The Bertz CT molecular complexity index is 2850. The van der Waals surface area contributed by atoms with Crippen LogP contribution in [0.5, 0.6) is 0 Å². The topological polar surface area (TPSA) is 34.2 Å². The van der Waals surface area contributed by atoms with E-state index >= 15 is 0 Å². The molecule has 4 nitrogen and oxygen atoms in total. The van der Waals surface area contributed by atoms with Gasteiger partial charge in [0.1, 0.15) is 5.52 Å². The summed E-state index contributed by atoms with van der Waals surface area (Å²) in [6, 6.07) is 66.2. The van der Waals surface area contributed by atoms with E-state index < -0.39 is 0 Å². The second kappa shape index (κ2) is 11.9. The number of fused-ring (bicyclic) bond motifs is 6. The van der Waals surface area contributed by atoms with Gasteiger partial charge in [0.05, 0.1) is 16.7 Å². The van der Waals surface area contributed by atoms with Crippen LogP contribution in [0.1, 0.15) is 0 Å². The molecule has 0 aliphatic rings. The van der Waals surface area contributed by atoms with E-state index in [0.717, 1.165) is 66.8 Å². The number of para-hydroxylation sites is 2. The second-order valence-electron chi connectivity index (χ2n) is 12.8. The fraction of sp³-hybridized carbons (Fsp3) is 0. The van der Waals surface area contributed by atoms with Crippen LogP contribution in [-0.4, -0.2) is 9.55 Å². The van der Waals surface area contributed by atoms with Crippen LogP contribution < -0.4 is 4.90 Å². The third-order valence-corrected chi connectivity index (χ3v) is 9.77. The van der Waals surface area contributed by atoms with E-state index in [0.29, 0.717) is 5.89 Å². The molecular formula is C47H31N3O. The SMILES string of the molecule is c1ccc(-c2cccc(N(c3ccc4c5ccccc5n(-c5ccccc5)c4c3)c3cc4ccccc4c4nc(-c5ccccc5)oc34)c2)cc1. The van der Waals surface area contributed by atoms with E-state index in [1.54, 1.807) is 0 Å². The molecule has 4 heteroatoms. The van der Waals surface area contributed by atoms with Crippen molar-refractivity contribution < 1.29 is 4.42 Å². The molecule has 0 spiro atoms. The molecule has 51 heavy (non-hydrogen) atoms. The number of benzene rings is 8. The zero-order chi connectivity index (χ0) is 33.7. The molecule has 0 atom stereocenters. The Morgan fingerprint density at radius 1 is 0.451 bits per heavy atom. The summed E-state index contributed by atoms with van der Waals surface area (Å²) in [5, 5.41) is 4.57. The normalized spacial score (nSPS) is 11.5. The highest BCUT2D eigenvalue weighted by Gasteiger charge is 2.24. The number of rotatable bonds is 6. The predicted octanol–water partition coefficient (Wildman–Crippen LogP) is 12.9. The number of anilines is 3. The lowest BCUT2D eigenvalue weighted by Gasteiger charge is -2.26. The molecule has 2 heterocycles. The first-order valence-electron chi connectivity index (χ1n) is 17.2. The fourth-order valence-electron chi connectivity index (χ4n) is 7.43. The zero-order valence-electron chi connectivity index (χ0n) is 27.6. The fourth-order valence-corrected chi connectivity index (χ4v) is 7.43. The molecule has 0 saturated heterocycles. The largest absolute Gasteiger partial charge is 0.434 e. The highest BCUT2D eigenvalue weighted by Crippen LogP contribution is 2.45. The van der Waals surface area contributed by atoms with E-state index in [9.17, 15) is 0 Å². The third kappa shape index (κ3) is 4.88. The van der Waals surface area contributed by atoms with Crippen LogP contribution in [0, 0.1) is 0 Å². The van der Waals surface area contributed by atoms with E-state index in [1.165, 1.54) is 16.3 Å². The van der Waals surface area contributed by atoms with Crippen molar-refractivity contribution in [2.75, 3.05) is 4.90 Å². The molecule has 0 amide bonds. The second-order valence-corrected chi connectivity index (χ2v) is 12.8. The van der Waals surface area contributed by atoms with Crippen molar-refractivity contribution in [2.24, 2.45) is 0 Å². The van der Waals surface area contributed by atoms with Crippen molar-refractivity contribution in [1.82, 2.24) is 9.55 Å². The van der Waals surface area contributed by atoms with Crippen molar-refractivity contribution in [3.63, 3.8) is 0 Å². The number of aromatic nitrogens is 2. The lowest BCUT2D eigenvalue weighted by Crippen LogP contribution is -2.11. The minimum Gasteiger partial charge on any atom is -0.434 e. The van der Waals surface area contributed by atoms with Gasteiger partial charge in [0, 0.05) is 38.8 Å². The molecule has 0 aliphatic carbocycles. The summed E-state index contributed by atoms with van der Waals surface area (Å²) in [4.78, 5) is 7.47. The van der Waals surface area contributed by atoms with Gasteiger partial charge in [-0.3, -0.25) is 0 Å². The lowest BCUT2D eigenvalue weighted by atomic mass is 10.0. The highest BCUT2D eigenvalue weighted by atomic mass is 16.3. The van der Waals surface area contributed by atoms with E-state index in [-0.39, 0.29) is 0 Å². The Hall–Kier alpha value is -6.91. The lowest BCUT2D eigenvalue weighted by molar-refractivity contribution is 0.620. The molecule has 240 valence electrons. The van der Waals surface area contributed by atoms with Crippen LogP contribution in [0.3, 0.4) is 0 Å². The minimum absolute atomic E-state index is 0.598. The Kier molecular flexibility index (Phi) is 6.78. The average Bonchev–Trinajstić information content (AvgIpc) is 3.80. The van der Waals surface area contributed by atoms with Gasteiger partial charge in [-0.25, -0.2) is 4.98 Å². The molecule has 10 rings (SSSR count). The number of hydrogen-bond donors (Lipinski definition) is 0. The van der Waals surface area contributed by atoms with Crippen LogP contribution in [0.4, 0.5) is 17.1 Å². The smallest absolute Gasteiger partial charge is 0.227 e. The highest BCUT2D eigenvalue weighted by molar-refractivity contribution is 6.13. The van der Waals surface area contributed by atoms with Crippen molar-refractivity contribution in [1.29, 1.82) is 0 Å². The summed E-state index contributed by atoms with van der Waals surface area (Å²) >= 11 is 0. The minimum atomic E-state index is 0.598. The zero-order valence-corrected chi connectivity index (χ0v) is 27.6. The molecule has 10 aromatic rings. The van der Waals surface area contributed by atoms with Gasteiger partial charge in [0.2, 0.25) is 5.89 Å². The first-order chi connectivity index (χ1) is 25.3. The molecule has 8 aromatic carbocycles. The van der Waals surface area contributed by atoms with Crippen LogP contribution in [-0.2, 0) is 0 Å². The van der Waals surface area contributed by atoms with Gasteiger partial charge in [0.15, 0.2) is 5.58 Å². The number of nitrogens with zero attached hydrogens (tertiary/aromatic N) is 3. The number of oxazole rings is 1. The van der Waals surface area contributed by atoms with Gasteiger partial charge in [-0.05, 0) is 77.2 Å². The molecule has 0 saturated carbocycles. The third-order valence-electron chi connectivity index (χ3n) is 9.77. The molecular weight excluding hydrogens is 623 g/mol. The molecule has 0 bridgehead atoms. The molecule has 0 radical (unpaired) electrons. The van der Waals surface area contributed by atoms with E-state index in [4.69, 9.17) is 9.40 Å². The van der Waals surface area contributed by atoms with Gasteiger partial charge in [-0.15, -0.1) is 0 Å². The van der Waals surface area contributed by atoms with Crippen LogP contribution >= 0.6 is 0 Å². The Labute approximate surface area is 295 Å². The first-order valence-corrected chi connectivity index (χ1v) is 17.2. The first kappa shape index (κ1) is 29.0. The molecule has 0 fully saturated rings. The maximum atomic E-state index is 6.80. The van der Waals surface area contributed by atoms with Crippen molar-refractivity contribution >= 4 is 60.7 Å². The summed E-state index contributed by atoms with van der Waals surface area (Å²) in [7, 11) is 0. The van der Waals surface area contributed by atoms with E-state index in [1.807, 2.05) is 30.3 Å². The quantitative estimate of drug-likeness (QED) is 0.179. The van der Waals surface area contributed by atoms with Gasteiger partial charge >= 0.3 is 0 Å². The molecule has 0 aliphatic heterocycles. The maximum Gasteiger partial charge on any atom is 0.227 e. The maximum absolute atomic E-state index is 6.80. The van der Waals surface area contributed by atoms with Crippen LogP contribution in [0.15, 0.2) is 192 Å². The standard InChI is InChI=1S/C47H31N3O/c1-4-15-32(16-5-1)34-20-14-23-37(29-34)49(38-27-28-41-40-25-12-13-26-42(40)50(43(41)31-38)36-21-8-3-9-22-36)44-30-35-19-10-11-24-39(35)45-46(44)51-47(48-45)33-17-6-2-7-18-33/h1-31H. The predicted molar refractivity (Wildman–Crippen MR) is 211 cm³/mol. The Balaban J connectivity index is 1.28. The summed E-state index contributed by atoms with van der Waals surface area (Å²) < 4.78 is 9.17. The number of hydrogen-bond acceptors (Lipinski definition) is 3. The summed E-state index contributed by atoms with van der Waals surface area (Å²) in [6.45, 7) is 0. The average molecular weight is 654 g/mol. The Morgan fingerprint density at radius 3 is 1.88 bits per heavy atom. The summed E-state index contributed by atoms with van der Waals surface area (Å²) in [6.07, 6.45) is 0. The van der Waals surface area contributed by atoms with E-state index in [2.05, 4.69) is 167 Å². The van der Waals surface area contributed by atoms with Crippen LogP contribution in [0.25, 0.3) is 71.9 Å². The Morgan fingerprint density at radius 2 is 1.08 bits per heavy atom. The van der Waals surface area contributed by atoms with Crippen molar-refractivity contribution in [3.05, 3.63) is 188 Å². The van der Waals surface area contributed by atoms with Crippen LogP contribution in [0.2, 0.25) is 0 Å². The van der Waals surface area contributed by atoms with Gasteiger partial charge in [0.25, 0.3) is 0 Å². The van der Waals surface area contributed by atoms with Gasteiger partial charge in [-0.2, -0.15) is 0 Å².